The first-order valence-corrected chi connectivity index (χ1v) is 12.7. The summed E-state index contributed by atoms with van der Waals surface area (Å²) in [6.45, 7) is 7.23. The SMILES string of the molecule is C=CCc1ccc(Cn2nc(C)c(NC(=O)c3cc(C(F)(F)F)nc4ccc(Br)cc34)c2C(=O)OCC)cc1. The van der Waals surface area contributed by atoms with E-state index in [1.54, 1.807) is 19.9 Å². The Labute approximate surface area is 230 Å². The number of fused-ring (bicyclic) bond motifs is 1. The Kier molecular flexibility index (Phi) is 8.19. The van der Waals surface area contributed by atoms with Gasteiger partial charge in [-0.1, -0.05) is 46.3 Å². The number of anilines is 1. The Morgan fingerprint density at radius 3 is 2.46 bits per heavy atom. The van der Waals surface area contributed by atoms with Crippen LogP contribution in [-0.4, -0.2) is 33.2 Å². The smallest absolute Gasteiger partial charge is 0.433 e. The molecule has 202 valence electrons. The van der Waals surface area contributed by atoms with E-state index in [1.165, 1.54) is 22.9 Å². The Bertz CT molecular complexity index is 1560. The lowest BCUT2D eigenvalue weighted by molar-refractivity contribution is -0.141. The number of aromatic nitrogens is 3. The summed E-state index contributed by atoms with van der Waals surface area (Å²) in [6, 6.07) is 12.8. The summed E-state index contributed by atoms with van der Waals surface area (Å²) in [4.78, 5) is 30.1. The van der Waals surface area contributed by atoms with Gasteiger partial charge in [0.25, 0.3) is 5.91 Å². The molecule has 0 fully saturated rings. The standard InChI is InChI=1S/C28H24BrF3N4O3/c1-4-6-17-7-9-18(10-8-17)15-36-25(27(38)39-5-2)24(16(3)35-36)34-26(37)21-14-23(28(30,31)32)33-22-12-11-19(29)13-20(21)22/h4,7-14H,1,5-6,15H2,2-3H3,(H,34,37). The summed E-state index contributed by atoms with van der Waals surface area (Å²) in [6.07, 6.45) is -2.27. The number of nitrogens with one attached hydrogen (secondary N) is 1. The first-order chi connectivity index (χ1) is 18.5. The van der Waals surface area contributed by atoms with E-state index in [0.29, 0.717) is 22.7 Å². The number of allylic oxidation sites excluding steroid dienone is 1. The van der Waals surface area contributed by atoms with Gasteiger partial charge >= 0.3 is 12.1 Å². The summed E-state index contributed by atoms with van der Waals surface area (Å²) >= 11 is 3.29. The summed E-state index contributed by atoms with van der Waals surface area (Å²) in [5.41, 5.74) is 0.769. The van der Waals surface area contributed by atoms with Crippen molar-refractivity contribution >= 4 is 44.4 Å². The molecule has 1 N–H and O–H groups in total. The molecule has 0 atom stereocenters. The number of alkyl halides is 3. The van der Waals surface area contributed by atoms with Crippen molar-refractivity contribution in [3.63, 3.8) is 0 Å². The summed E-state index contributed by atoms with van der Waals surface area (Å²) in [7, 11) is 0. The van der Waals surface area contributed by atoms with E-state index in [0.717, 1.165) is 11.1 Å². The van der Waals surface area contributed by atoms with Crippen LogP contribution in [0.15, 0.2) is 65.7 Å². The zero-order valence-electron chi connectivity index (χ0n) is 21.1. The van der Waals surface area contributed by atoms with E-state index in [1.807, 2.05) is 24.3 Å². The van der Waals surface area contributed by atoms with Crippen molar-refractivity contribution in [2.75, 3.05) is 11.9 Å². The quantitative estimate of drug-likeness (QED) is 0.179. The second-order valence-corrected chi connectivity index (χ2v) is 9.58. The predicted molar refractivity (Wildman–Crippen MR) is 145 cm³/mol. The number of esters is 1. The number of carbonyl (C=O) groups excluding carboxylic acids is 2. The maximum Gasteiger partial charge on any atom is 0.433 e. The molecule has 7 nitrogen and oxygen atoms in total. The minimum absolute atomic E-state index is 0.00360. The predicted octanol–water partition coefficient (Wildman–Crippen LogP) is 6.73. The van der Waals surface area contributed by atoms with Crippen LogP contribution in [-0.2, 0) is 23.9 Å². The third-order valence-corrected chi connectivity index (χ3v) is 6.37. The molecule has 2 aromatic heterocycles. The molecule has 2 heterocycles. The van der Waals surface area contributed by atoms with Gasteiger partial charge in [0.1, 0.15) is 5.69 Å². The van der Waals surface area contributed by atoms with Crippen LogP contribution < -0.4 is 5.32 Å². The molecule has 4 rings (SSSR count). The lowest BCUT2D eigenvalue weighted by Gasteiger charge is -2.13. The van der Waals surface area contributed by atoms with Crippen LogP contribution in [0.25, 0.3) is 10.9 Å². The van der Waals surface area contributed by atoms with E-state index in [2.05, 4.69) is 37.9 Å². The number of hydrogen-bond acceptors (Lipinski definition) is 5. The number of halogens is 4. The zero-order valence-corrected chi connectivity index (χ0v) is 22.7. The van der Waals surface area contributed by atoms with Crippen molar-refractivity contribution in [2.45, 2.75) is 33.0 Å². The number of aryl methyl sites for hydroxylation is 1. The van der Waals surface area contributed by atoms with Crippen molar-refractivity contribution in [3.05, 3.63) is 99.4 Å². The molecule has 4 aromatic rings. The van der Waals surface area contributed by atoms with Crippen LogP contribution in [0.5, 0.6) is 0 Å². The van der Waals surface area contributed by atoms with E-state index in [9.17, 15) is 22.8 Å². The molecule has 2 aromatic carbocycles. The van der Waals surface area contributed by atoms with Gasteiger partial charge in [-0.3, -0.25) is 9.48 Å². The number of ether oxygens (including phenoxy) is 1. The highest BCUT2D eigenvalue weighted by molar-refractivity contribution is 9.10. The highest BCUT2D eigenvalue weighted by Gasteiger charge is 2.34. The van der Waals surface area contributed by atoms with E-state index in [4.69, 9.17) is 4.74 Å². The summed E-state index contributed by atoms with van der Waals surface area (Å²) in [5.74, 6) is -1.58. The highest BCUT2D eigenvalue weighted by atomic mass is 79.9. The Morgan fingerprint density at radius 2 is 1.82 bits per heavy atom. The third-order valence-electron chi connectivity index (χ3n) is 5.88. The molecule has 1 amide bonds. The van der Waals surface area contributed by atoms with Gasteiger partial charge in [0.2, 0.25) is 0 Å². The van der Waals surface area contributed by atoms with Gasteiger partial charge in [-0.05, 0) is 55.7 Å². The second-order valence-electron chi connectivity index (χ2n) is 8.66. The van der Waals surface area contributed by atoms with Crippen molar-refractivity contribution < 1.29 is 27.5 Å². The minimum atomic E-state index is -4.77. The van der Waals surface area contributed by atoms with Crippen LogP contribution in [0.4, 0.5) is 18.9 Å². The van der Waals surface area contributed by atoms with Gasteiger partial charge in [-0.2, -0.15) is 18.3 Å². The van der Waals surface area contributed by atoms with Crippen molar-refractivity contribution in [1.82, 2.24) is 14.8 Å². The summed E-state index contributed by atoms with van der Waals surface area (Å²) in [5, 5.41) is 7.25. The maximum absolute atomic E-state index is 13.6. The molecule has 0 unspecified atom stereocenters. The highest BCUT2D eigenvalue weighted by Crippen LogP contribution is 2.33. The number of pyridine rings is 1. The van der Waals surface area contributed by atoms with Crippen LogP contribution in [0.2, 0.25) is 0 Å². The van der Waals surface area contributed by atoms with Gasteiger partial charge in [-0.25, -0.2) is 9.78 Å². The number of rotatable bonds is 8. The van der Waals surface area contributed by atoms with Gasteiger partial charge < -0.3 is 10.1 Å². The van der Waals surface area contributed by atoms with Crippen molar-refractivity contribution in [2.24, 2.45) is 0 Å². The fourth-order valence-electron chi connectivity index (χ4n) is 4.08. The molecule has 0 spiro atoms. The van der Waals surface area contributed by atoms with Crippen LogP contribution >= 0.6 is 15.9 Å². The molecule has 0 saturated heterocycles. The Morgan fingerprint density at radius 1 is 1.13 bits per heavy atom. The van der Waals surface area contributed by atoms with Crippen molar-refractivity contribution in [1.29, 1.82) is 0 Å². The molecule has 11 heteroatoms. The molecule has 0 radical (unpaired) electrons. The maximum atomic E-state index is 13.6. The van der Waals surface area contributed by atoms with Crippen LogP contribution in [0.1, 0.15) is 50.3 Å². The fourth-order valence-corrected chi connectivity index (χ4v) is 4.45. The molecule has 0 bridgehead atoms. The largest absolute Gasteiger partial charge is 0.461 e. The number of nitrogens with zero attached hydrogens (tertiary/aromatic N) is 3. The number of hydrogen-bond donors (Lipinski definition) is 1. The third kappa shape index (κ3) is 6.19. The van der Waals surface area contributed by atoms with E-state index < -0.39 is 23.7 Å². The second kappa shape index (κ2) is 11.4. The lowest BCUT2D eigenvalue weighted by Crippen LogP contribution is -2.20. The summed E-state index contributed by atoms with van der Waals surface area (Å²) < 4.78 is 47.9. The fraction of sp³-hybridized carbons (Fsp3) is 0.214. The van der Waals surface area contributed by atoms with Gasteiger partial charge in [0, 0.05) is 9.86 Å². The molecule has 0 saturated carbocycles. The number of benzene rings is 2. The lowest BCUT2D eigenvalue weighted by atomic mass is 10.1. The molecular formula is C28H24BrF3N4O3. The van der Waals surface area contributed by atoms with Gasteiger partial charge in [0.15, 0.2) is 5.69 Å². The van der Waals surface area contributed by atoms with Crippen LogP contribution in [0.3, 0.4) is 0 Å². The average Bonchev–Trinajstić information content (AvgIpc) is 3.18. The molecule has 39 heavy (non-hydrogen) atoms. The van der Waals surface area contributed by atoms with Gasteiger partial charge in [-0.15, -0.1) is 6.58 Å². The minimum Gasteiger partial charge on any atom is -0.461 e. The topological polar surface area (TPSA) is 86.1 Å². The number of amides is 1. The zero-order chi connectivity index (χ0) is 28.3. The van der Waals surface area contributed by atoms with Gasteiger partial charge in [0.05, 0.1) is 35.6 Å². The average molecular weight is 601 g/mol. The molecule has 0 aliphatic heterocycles. The van der Waals surface area contributed by atoms with Crippen LogP contribution in [0, 0.1) is 6.92 Å². The van der Waals surface area contributed by atoms with E-state index >= 15 is 0 Å². The molecule has 0 aliphatic rings. The number of carbonyl (C=O) groups is 2. The molecule has 0 aliphatic carbocycles. The first-order valence-electron chi connectivity index (χ1n) is 11.9. The van der Waals surface area contributed by atoms with Crippen molar-refractivity contribution in [3.8, 4) is 0 Å². The Hall–Kier alpha value is -3.99. The van der Waals surface area contributed by atoms with E-state index in [-0.39, 0.29) is 41.0 Å². The first kappa shape index (κ1) is 28.0. The monoisotopic (exact) mass is 600 g/mol. The molecular weight excluding hydrogens is 577 g/mol. The Balaban J connectivity index is 1.76. The normalized spacial score (nSPS) is 11.4.